The summed E-state index contributed by atoms with van der Waals surface area (Å²) in [5.41, 5.74) is -11.0. The molecule has 1 N–H and O–H groups in total. The molecule has 0 amide bonds. The topological polar surface area (TPSA) is 68.0 Å². The predicted molar refractivity (Wildman–Crippen MR) is 82.7 cm³/mol. The third-order valence-electron chi connectivity index (χ3n) is 4.10. The summed E-state index contributed by atoms with van der Waals surface area (Å²) in [5, 5.41) is 12.5. The van der Waals surface area contributed by atoms with Gasteiger partial charge >= 0.3 is 12.4 Å². The number of nitrogens with zero attached hydrogens (tertiary/aromatic N) is 3. The van der Waals surface area contributed by atoms with Gasteiger partial charge < -0.3 is 5.11 Å². The van der Waals surface area contributed by atoms with Crippen LogP contribution in [0, 0.1) is 35.0 Å². The van der Waals surface area contributed by atoms with Gasteiger partial charge in [0, 0.05) is 22.6 Å². The molecule has 0 saturated heterocycles. The molecule has 1 aromatic carbocycles. The monoisotopic (exact) mass is 564 g/mol. The largest absolute Gasteiger partial charge is 0.493 e. The van der Waals surface area contributed by atoms with E-state index in [4.69, 9.17) is 0 Å². The van der Waals surface area contributed by atoms with Crippen LogP contribution in [0.5, 0.6) is 5.88 Å². The SMILES string of the molecule is O=C(c1cc(F)c(F)c(F)c1)c1c(C(F)(F)F)nn(-c2c(F)c(F)nc(C(F)(F)F)c2F)c1O.[Mn]. The van der Waals surface area contributed by atoms with Crippen LogP contribution in [0.15, 0.2) is 12.1 Å². The molecule has 0 fully saturated rings. The van der Waals surface area contributed by atoms with Crippen LogP contribution in [0.4, 0.5) is 52.7 Å². The molecule has 2 aromatic heterocycles. The molecule has 5 nitrogen and oxygen atoms in total. The Hall–Kier alpha value is -3.27. The first-order valence-electron chi connectivity index (χ1n) is 8.17. The number of aromatic nitrogens is 3. The number of hydrogen-bond donors (Lipinski definition) is 1. The van der Waals surface area contributed by atoms with E-state index < -0.39 is 91.9 Å². The Morgan fingerprint density at radius 1 is 0.800 bits per heavy atom. The van der Waals surface area contributed by atoms with Gasteiger partial charge in [-0.2, -0.15) is 44.9 Å². The van der Waals surface area contributed by atoms with Crippen LogP contribution < -0.4 is 0 Å². The summed E-state index contributed by atoms with van der Waals surface area (Å²) in [4.78, 5) is 14.4. The number of pyridine rings is 1. The van der Waals surface area contributed by atoms with E-state index in [0.717, 1.165) is 0 Å². The van der Waals surface area contributed by atoms with E-state index in [1.165, 1.54) is 0 Å². The Morgan fingerprint density at radius 2 is 1.29 bits per heavy atom. The molecule has 3 rings (SSSR count). The maximum Gasteiger partial charge on any atom is 0.436 e. The van der Waals surface area contributed by atoms with Crippen molar-refractivity contribution in [3.05, 3.63) is 69.7 Å². The average Bonchev–Trinajstić information content (AvgIpc) is 3.04. The van der Waals surface area contributed by atoms with Gasteiger partial charge in [0.05, 0.1) is 0 Å². The molecule has 18 heteroatoms. The number of benzene rings is 1. The van der Waals surface area contributed by atoms with Gasteiger partial charge in [-0.1, -0.05) is 0 Å². The first kappa shape index (κ1) is 28.0. The van der Waals surface area contributed by atoms with E-state index in [9.17, 15) is 62.6 Å². The average molecular weight is 564 g/mol. The number of carbonyl (C=O) groups is 1. The Bertz CT molecular complexity index is 1310. The molecule has 35 heavy (non-hydrogen) atoms. The minimum atomic E-state index is -5.80. The molecule has 0 saturated carbocycles. The second-order valence-corrected chi connectivity index (χ2v) is 6.27. The van der Waals surface area contributed by atoms with Crippen LogP contribution >= 0.6 is 0 Å². The number of ketones is 1. The minimum Gasteiger partial charge on any atom is -0.493 e. The minimum absolute atomic E-state index is 0. The van der Waals surface area contributed by atoms with Crippen molar-refractivity contribution in [1.29, 1.82) is 0 Å². The summed E-state index contributed by atoms with van der Waals surface area (Å²) in [5.74, 6) is -18.7. The third-order valence-corrected chi connectivity index (χ3v) is 4.10. The van der Waals surface area contributed by atoms with Crippen molar-refractivity contribution in [3.63, 3.8) is 0 Å². The Kier molecular flexibility index (Phi) is 7.25. The van der Waals surface area contributed by atoms with Crippen molar-refractivity contribution in [2.45, 2.75) is 12.4 Å². The van der Waals surface area contributed by atoms with Gasteiger partial charge in [-0.05, 0) is 12.1 Å². The van der Waals surface area contributed by atoms with Crippen LogP contribution in [-0.4, -0.2) is 25.7 Å². The predicted octanol–water partition coefficient (Wildman–Crippen LogP) is 5.07. The van der Waals surface area contributed by atoms with E-state index in [1.807, 2.05) is 4.98 Å². The van der Waals surface area contributed by atoms with E-state index in [1.54, 1.807) is 0 Å². The molecule has 0 spiro atoms. The van der Waals surface area contributed by atoms with E-state index >= 15 is 0 Å². The van der Waals surface area contributed by atoms with Gasteiger partial charge in [0.15, 0.2) is 34.7 Å². The standard InChI is InChI=1S/C17H3F12N3O2.Mn/c18-4-1-3(2-5(19)7(4)20)11(33)6-12(16(24,25)26)31-32(15(6)34)10-8(21)13(17(27,28)29)30-14(23)9(10)22;/h1-2,34H;. The molecule has 0 bridgehead atoms. The molecule has 0 unspecified atom stereocenters. The zero-order valence-electron chi connectivity index (χ0n) is 15.8. The molecular formula is C17H3F12MnN3O2. The summed E-state index contributed by atoms with van der Waals surface area (Å²) in [6.45, 7) is 0. The molecular weight excluding hydrogens is 561 g/mol. The molecule has 1 radical (unpaired) electrons. The fourth-order valence-corrected chi connectivity index (χ4v) is 2.68. The maximum absolute atomic E-state index is 14.3. The second-order valence-electron chi connectivity index (χ2n) is 6.27. The number of carbonyl (C=O) groups excluding carboxylic acids is 1. The second kappa shape index (κ2) is 9.07. The van der Waals surface area contributed by atoms with Gasteiger partial charge in [-0.15, -0.1) is 0 Å². The Balaban J connectivity index is 0.00000432. The summed E-state index contributed by atoms with van der Waals surface area (Å²) >= 11 is 0. The molecule has 0 aliphatic heterocycles. The first-order valence-corrected chi connectivity index (χ1v) is 8.17. The Morgan fingerprint density at radius 3 is 1.74 bits per heavy atom. The van der Waals surface area contributed by atoms with Crippen LogP contribution in [0.2, 0.25) is 0 Å². The van der Waals surface area contributed by atoms with Gasteiger partial charge in [0.2, 0.25) is 17.5 Å². The van der Waals surface area contributed by atoms with E-state index in [2.05, 4.69) is 5.10 Å². The molecule has 0 aliphatic rings. The van der Waals surface area contributed by atoms with Crippen molar-refractivity contribution in [2.75, 3.05) is 0 Å². The third kappa shape index (κ3) is 4.80. The molecule has 0 atom stereocenters. The van der Waals surface area contributed by atoms with Gasteiger partial charge in [0.1, 0.15) is 11.3 Å². The van der Waals surface area contributed by atoms with Crippen molar-refractivity contribution >= 4 is 5.78 Å². The normalized spacial score (nSPS) is 12.0. The summed E-state index contributed by atoms with van der Waals surface area (Å²) in [6, 6.07) is -0.209. The molecule has 189 valence electrons. The van der Waals surface area contributed by atoms with Crippen molar-refractivity contribution in [2.24, 2.45) is 0 Å². The fraction of sp³-hybridized carbons (Fsp3) is 0.118. The number of hydrogen-bond acceptors (Lipinski definition) is 4. The number of aromatic hydroxyl groups is 1. The van der Waals surface area contributed by atoms with Crippen molar-refractivity contribution < 1.29 is 79.7 Å². The number of alkyl halides is 6. The van der Waals surface area contributed by atoms with Crippen LogP contribution in [-0.2, 0) is 29.4 Å². The molecule has 0 aliphatic carbocycles. The van der Waals surface area contributed by atoms with E-state index in [-0.39, 0.29) is 29.2 Å². The zero-order valence-corrected chi connectivity index (χ0v) is 16.9. The van der Waals surface area contributed by atoms with Crippen LogP contribution in [0.3, 0.4) is 0 Å². The van der Waals surface area contributed by atoms with Gasteiger partial charge in [-0.3, -0.25) is 4.79 Å². The fourth-order valence-electron chi connectivity index (χ4n) is 2.68. The zero-order chi connectivity index (χ0) is 25.9. The van der Waals surface area contributed by atoms with Gasteiger partial charge in [-0.25, -0.2) is 22.5 Å². The van der Waals surface area contributed by atoms with Crippen LogP contribution in [0.1, 0.15) is 27.3 Å². The Labute approximate surface area is 194 Å². The summed E-state index contributed by atoms with van der Waals surface area (Å²) in [6.07, 6.45) is -11.6. The number of halogens is 12. The summed E-state index contributed by atoms with van der Waals surface area (Å²) in [7, 11) is 0. The first-order chi connectivity index (χ1) is 15.5. The molecule has 3 aromatic rings. The van der Waals surface area contributed by atoms with Crippen LogP contribution in [0.25, 0.3) is 5.69 Å². The van der Waals surface area contributed by atoms with Gasteiger partial charge in [0.25, 0.3) is 5.95 Å². The van der Waals surface area contributed by atoms with E-state index in [0.29, 0.717) is 0 Å². The smallest absolute Gasteiger partial charge is 0.436 e. The molecule has 2 heterocycles. The van der Waals surface area contributed by atoms with Crippen molar-refractivity contribution in [1.82, 2.24) is 14.8 Å². The van der Waals surface area contributed by atoms with Crippen molar-refractivity contribution in [3.8, 4) is 11.6 Å². The maximum atomic E-state index is 14.3. The quantitative estimate of drug-likeness (QED) is 0.159. The summed E-state index contributed by atoms with van der Waals surface area (Å²) < 4.78 is 160. The number of rotatable bonds is 3.